The van der Waals surface area contributed by atoms with E-state index in [1.165, 1.54) is 12.1 Å². The van der Waals surface area contributed by atoms with Crippen LogP contribution in [0.25, 0.3) is 0 Å². The summed E-state index contributed by atoms with van der Waals surface area (Å²) < 4.78 is 18.8. The minimum Gasteiger partial charge on any atom is -0.478 e. The summed E-state index contributed by atoms with van der Waals surface area (Å²) >= 11 is 0. The molecule has 5 nitrogen and oxygen atoms in total. The van der Waals surface area contributed by atoms with Gasteiger partial charge < -0.3 is 15.2 Å². The zero-order chi connectivity index (χ0) is 17.1. The van der Waals surface area contributed by atoms with E-state index in [-0.39, 0.29) is 29.4 Å². The number of aliphatic imine (C=N–C) groups is 1. The fourth-order valence-electron chi connectivity index (χ4n) is 2.40. The van der Waals surface area contributed by atoms with Crippen molar-refractivity contribution in [2.45, 2.75) is 39.8 Å². The summed E-state index contributed by atoms with van der Waals surface area (Å²) in [6.07, 6.45) is -0.102. The molecular weight excluding hydrogens is 299 g/mol. The van der Waals surface area contributed by atoms with Crippen LogP contribution in [0.3, 0.4) is 0 Å². The Morgan fingerprint density at radius 1 is 1.26 bits per heavy atom. The maximum atomic E-state index is 13.2. The fraction of sp³-hybridized carbons (Fsp3) is 0.412. The van der Waals surface area contributed by atoms with E-state index in [2.05, 4.69) is 10.3 Å². The highest BCUT2D eigenvalue weighted by Gasteiger charge is 2.32. The summed E-state index contributed by atoms with van der Waals surface area (Å²) in [7, 11) is 0. The molecule has 1 unspecified atom stereocenters. The van der Waals surface area contributed by atoms with E-state index in [0.717, 1.165) is 0 Å². The number of carboxylic acid groups (broad SMARTS) is 1. The molecule has 1 heterocycles. The van der Waals surface area contributed by atoms with Crippen LogP contribution >= 0.6 is 0 Å². The second kappa shape index (κ2) is 6.81. The number of benzene rings is 1. The molecule has 0 fully saturated rings. The first-order valence-electron chi connectivity index (χ1n) is 7.54. The lowest BCUT2D eigenvalue weighted by molar-refractivity contribution is -0.133. The van der Waals surface area contributed by atoms with Gasteiger partial charge in [-0.1, -0.05) is 26.0 Å². The van der Waals surface area contributed by atoms with E-state index >= 15 is 0 Å². The van der Waals surface area contributed by atoms with Crippen LogP contribution in [0.1, 0.15) is 39.3 Å². The van der Waals surface area contributed by atoms with E-state index in [9.17, 15) is 14.3 Å². The monoisotopic (exact) mass is 320 g/mol. The molecule has 0 saturated heterocycles. The highest BCUT2D eigenvalue weighted by atomic mass is 19.1. The second-order valence-electron chi connectivity index (χ2n) is 5.97. The van der Waals surface area contributed by atoms with Crippen molar-refractivity contribution in [3.05, 3.63) is 46.9 Å². The van der Waals surface area contributed by atoms with Crippen molar-refractivity contribution >= 4 is 12.0 Å². The van der Waals surface area contributed by atoms with E-state index in [1.54, 1.807) is 12.1 Å². The predicted molar refractivity (Wildman–Crippen MR) is 85.4 cm³/mol. The lowest BCUT2D eigenvalue weighted by Crippen LogP contribution is -2.37. The van der Waals surface area contributed by atoms with Gasteiger partial charge in [0.05, 0.1) is 11.7 Å². The van der Waals surface area contributed by atoms with Gasteiger partial charge in [0.25, 0.3) is 6.02 Å². The highest BCUT2D eigenvalue weighted by Crippen LogP contribution is 2.33. The van der Waals surface area contributed by atoms with Gasteiger partial charge in [0.15, 0.2) is 0 Å². The largest absolute Gasteiger partial charge is 0.478 e. The molecule has 1 atom stereocenters. The van der Waals surface area contributed by atoms with E-state index < -0.39 is 12.0 Å². The lowest BCUT2D eigenvalue weighted by atomic mass is 9.92. The Kier molecular flexibility index (Phi) is 5.03. The summed E-state index contributed by atoms with van der Waals surface area (Å²) in [6, 6.07) is 5.23. The summed E-state index contributed by atoms with van der Waals surface area (Å²) in [5, 5.41) is 12.6. The number of ether oxygens (including phenoxy) is 1. The van der Waals surface area contributed by atoms with Gasteiger partial charge in [-0.2, -0.15) is 0 Å². The smallest absolute Gasteiger partial charge is 0.335 e. The Hall–Kier alpha value is -2.37. The quantitative estimate of drug-likeness (QED) is 0.893. The van der Waals surface area contributed by atoms with Gasteiger partial charge in [0, 0.05) is 5.70 Å². The first-order chi connectivity index (χ1) is 10.8. The molecule has 1 aliphatic rings. The van der Waals surface area contributed by atoms with Crippen molar-refractivity contribution in [2.75, 3.05) is 0 Å². The van der Waals surface area contributed by atoms with Crippen LogP contribution in [-0.2, 0) is 9.53 Å². The topological polar surface area (TPSA) is 70.9 Å². The zero-order valence-corrected chi connectivity index (χ0v) is 13.6. The molecule has 0 bridgehead atoms. The SMILES string of the molecule is CC(C)OC1=NC(c2ccc(F)cc2)C(C(=O)O)=C(C(C)C)N1. The Morgan fingerprint density at radius 2 is 1.87 bits per heavy atom. The normalized spacial score (nSPS) is 18.0. The summed E-state index contributed by atoms with van der Waals surface area (Å²) in [4.78, 5) is 16.1. The summed E-state index contributed by atoms with van der Waals surface area (Å²) in [5.41, 5.74) is 1.31. The molecular formula is C17H21FN2O3. The third-order valence-corrected chi connectivity index (χ3v) is 3.39. The van der Waals surface area contributed by atoms with Crippen molar-refractivity contribution in [1.29, 1.82) is 0 Å². The molecule has 0 aliphatic carbocycles. The minimum atomic E-state index is -1.05. The van der Waals surface area contributed by atoms with Gasteiger partial charge in [0.1, 0.15) is 11.9 Å². The summed E-state index contributed by atoms with van der Waals surface area (Å²) in [5.74, 6) is -1.48. The standard InChI is InChI=1S/C17H21FN2O3/c1-9(2)14-13(16(21)22)15(11-5-7-12(18)8-6-11)20-17(19-14)23-10(3)4/h5-10,15H,1-4H3,(H,19,20)(H,21,22). The van der Waals surface area contributed by atoms with Crippen LogP contribution in [-0.4, -0.2) is 23.2 Å². The van der Waals surface area contributed by atoms with Gasteiger partial charge in [-0.05, 0) is 37.5 Å². The number of nitrogens with one attached hydrogen (secondary N) is 1. The molecule has 0 spiro atoms. The average Bonchev–Trinajstić information content (AvgIpc) is 2.46. The Morgan fingerprint density at radius 3 is 2.35 bits per heavy atom. The molecule has 2 N–H and O–H groups in total. The number of nitrogens with zero attached hydrogens (tertiary/aromatic N) is 1. The highest BCUT2D eigenvalue weighted by molar-refractivity contribution is 5.93. The van der Waals surface area contributed by atoms with Gasteiger partial charge in [-0.25, -0.2) is 14.2 Å². The van der Waals surface area contributed by atoms with Gasteiger partial charge in [-0.15, -0.1) is 0 Å². The first-order valence-corrected chi connectivity index (χ1v) is 7.54. The number of rotatable bonds is 4. The molecule has 1 aromatic carbocycles. The second-order valence-corrected chi connectivity index (χ2v) is 5.97. The van der Waals surface area contributed by atoms with Gasteiger partial charge in [-0.3, -0.25) is 0 Å². The van der Waals surface area contributed by atoms with Gasteiger partial charge in [0.2, 0.25) is 0 Å². The molecule has 23 heavy (non-hydrogen) atoms. The van der Waals surface area contributed by atoms with Crippen LogP contribution in [0, 0.1) is 11.7 Å². The molecule has 0 radical (unpaired) electrons. The van der Waals surface area contributed by atoms with Crippen LogP contribution in [0.2, 0.25) is 0 Å². The van der Waals surface area contributed by atoms with Crippen molar-refractivity contribution in [3.8, 4) is 0 Å². The molecule has 124 valence electrons. The van der Waals surface area contributed by atoms with Gasteiger partial charge >= 0.3 is 5.97 Å². The molecule has 0 amide bonds. The molecule has 6 heteroatoms. The maximum absolute atomic E-state index is 13.2. The number of carbonyl (C=O) groups is 1. The van der Waals surface area contributed by atoms with Crippen molar-refractivity contribution in [1.82, 2.24) is 5.32 Å². The number of amidine groups is 1. The molecule has 1 aromatic rings. The number of halogens is 1. The lowest BCUT2D eigenvalue weighted by Gasteiger charge is -2.28. The molecule has 2 rings (SSSR count). The Balaban J connectivity index is 2.53. The zero-order valence-electron chi connectivity index (χ0n) is 13.6. The van der Waals surface area contributed by atoms with Crippen LogP contribution in [0.4, 0.5) is 4.39 Å². The summed E-state index contributed by atoms with van der Waals surface area (Å²) in [6.45, 7) is 7.52. The van der Waals surface area contributed by atoms with E-state index in [4.69, 9.17) is 4.74 Å². The van der Waals surface area contributed by atoms with Crippen LogP contribution in [0.5, 0.6) is 0 Å². The van der Waals surface area contributed by atoms with Crippen LogP contribution < -0.4 is 5.32 Å². The Labute approximate surface area is 134 Å². The number of hydrogen-bond acceptors (Lipinski definition) is 4. The minimum absolute atomic E-state index is 0.0506. The first kappa shape index (κ1) is 17.0. The number of aliphatic carboxylic acids is 1. The number of allylic oxidation sites excluding steroid dienone is 1. The Bertz CT molecular complexity index is 648. The molecule has 1 aliphatic heterocycles. The van der Waals surface area contributed by atoms with Crippen molar-refractivity contribution in [2.24, 2.45) is 10.9 Å². The van der Waals surface area contributed by atoms with E-state index in [0.29, 0.717) is 11.3 Å². The predicted octanol–water partition coefficient (Wildman–Crippen LogP) is 3.25. The molecule has 0 saturated carbocycles. The third-order valence-electron chi connectivity index (χ3n) is 3.39. The van der Waals surface area contributed by atoms with Crippen LogP contribution in [0.15, 0.2) is 40.5 Å². The number of hydrogen-bond donors (Lipinski definition) is 2. The average molecular weight is 320 g/mol. The van der Waals surface area contributed by atoms with Crippen molar-refractivity contribution < 1.29 is 19.0 Å². The van der Waals surface area contributed by atoms with E-state index in [1.807, 2.05) is 27.7 Å². The van der Waals surface area contributed by atoms with Crippen molar-refractivity contribution in [3.63, 3.8) is 0 Å². The fourth-order valence-corrected chi connectivity index (χ4v) is 2.40. The molecule has 0 aromatic heterocycles. The maximum Gasteiger partial charge on any atom is 0.335 e. The third kappa shape index (κ3) is 3.88. The number of carboxylic acids is 1.